The Labute approximate surface area is 98.1 Å². The van der Waals surface area contributed by atoms with Gasteiger partial charge in [-0.05, 0) is 34.0 Å². The summed E-state index contributed by atoms with van der Waals surface area (Å²) in [6, 6.07) is 7.43. The van der Waals surface area contributed by atoms with Gasteiger partial charge in [-0.15, -0.1) is 0 Å². The SMILES string of the molecule is CN(C)C(C)(C)CNCc1ccccc1O. The van der Waals surface area contributed by atoms with Crippen LogP contribution in [0.2, 0.25) is 0 Å². The molecule has 0 aromatic heterocycles. The van der Waals surface area contributed by atoms with Crippen LogP contribution in [0.25, 0.3) is 0 Å². The minimum Gasteiger partial charge on any atom is -0.508 e. The van der Waals surface area contributed by atoms with Crippen molar-refractivity contribution in [3.8, 4) is 5.75 Å². The van der Waals surface area contributed by atoms with Crippen molar-refractivity contribution in [3.05, 3.63) is 29.8 Å². The maximum Gasteiger partial charge on any atom is 0.120 e. The van der Waals surface area contributed by atoms with E-state index in [1.54, 1.807) is 6.07 Å². The number of rotatable bonds is 5. The van der Waals surface area contributed by atoms with Crippen molar-refractivity contribution in [2.24, 2.45) is 0 Å². The Balaban J connectivity index is 2.45. The lowest BCUT2D eigenvalue weighted by molar-refractivity contribution is 0.189. The third kappa shape index (κ3) is 3.51. The second kappa shape index (κ2) is 5.32. The predicted molar refractivity (Wildman–Crippen MR) is 67.6 cm³/mol. The third-order valence-electron chi connectivity index (χ3n) is 3.08. The molecule has 0 aliphatic carbocycles. The van der Waals surface area contributed by atoms with Gasteiger partial charge in [-0.3, -0.25) is 0 Å². The molecular formula is C13H22N2O. The molecule has 2 N–H and O–H groups in total. The molecule has 0 saturated carbocycles. The highest BCUT2D eigenvalue weighted by Gasteiger charge is 2.19. The molecule has 16 heavy (non-hydrogen) atoms. The normalized spacial score (nSPS) is 12.1. The first-order valence-electron chi connectivity index (χ1n) is 5.58. The maximum atomic E-state index is 9.60. The van der Waals surface area contributed by atoms with Crippen LogP contribution in [0.15, 0.2) is 24.3 Å². The Morgan fingerprint density at radius 1 is 1.25 bits per heavy atom. The van der Waals surface area contributed by atoms with Crippen LogP contribution in [0.5, 0.6) is 5.75 Å². The van der Waals surface area contributed by atoms with Crippen molar-refractivity contribution in [1.82, 2.24) is 10.2 Å². The van der Waals surface area contributed by atoms with Gasteiger partial charge in [-0.1, -0.05) is 18.2 Å². The van der Waals surface area contributed by atoms with Crippen molar-refractivity contribution in [1.29, 1.82) is 0 Å². The van der Waals surface area contributed by atoms with E-state index in [2.05, 4.69) is 38.2 Å². The first-order chi connectivity index (χ1) is 7.43. The number of nitrogens with zero attached hydrogens (tertiary/aromatic N) is 1. The Morgan fingerprint density at radius 2 is 1.88 bits per heavy atom. The quantitative estimate of drug-likeness (QED) is 0.797. The molecule has 0 amide bonds. The highest BCUT2D eigenvalue weighted by molar-refractivity contribution is 5.31. The number of hydrogen-bond acceptors (Lipinski definition) is 3. The Hall–Kier alpha value is -1.06. The monoisotopic (exact) mass is 222 g/mol. The molecule has 0 heterocycles. The van der Waals surface area contributed by atoms with Crippen LogP contribution in [0.3, 0.4) is 0 Å². The highest BCUT2D eigenvalue weighted by Crippen LogP contribution is 2.15. The van der Waals surface area contributed by atoms with Gasteiger partial charge < -0.3 is 15.3 Å². The minimum absolute atomic E-state index is 0.115. The van der Waals surface area contributed by atoms with E-state index in [0.29, 0.717) is 12.3 Å². The van der Waals surface area contributed by atoms with Crippen molar-refractivity contribution >= 4 is 0 Å². The Bertz CT molecular complexity index is 334. The zero-order valence-corrected chi connectivity index (χ0v) is 10.6. The summed E-state index contributed by atoms with van der Waals surface area (Å²) in [5, 5.41) is 13.0. The predicted octanol–water partition coefficient (Wildman–Crippen LogP) is 1.82. The van der Waals surface area contributed by atoms with E-state index in [1.807, 2.05) is 18.2 Å². The number of phenolic OH excluding ortho intramolecular Hbond substituents is 1. The fourth-order valence-corrected chi connectivity index (χ4v) is 1.32. The van der Waals surface area contributed by atoms with Crippen LogP contribution in [0, 0.1) is 0 Å². The van der Waals surface area contributed by atoms with Gasteiger partial charge in [0.05, 0.1) is 0 Å². The summed E-state index contributed by atoms with van der Waals surface area (Å²) >= 11 is 0. The van der Waals surface area contributed by atoms with E-state index in [1.165, 1.54) is 0 Å². The van der Waals surface area contributed by atoms with Crippen LogP contribution in [-0.2, 0) is 6.54 Å². The lowest BCUT2D eigenvalue weighted by Crippen LogP contribution is -2.46. The molecule has 1 aromatic rings. The van der Waals surface area contributed by atoms with Gasteiger partial charge in [-0.25, -0.2) is 0 Å². The summed E-state index contributed by atoms with van der Waals surface area (Å²) in [4.78, 5) is 2.19. The molecule has 0 aliphatic rings. The van der Waals surface area contributed by atoms with E-state index in [9.17, 15) is 5.11 Å². The van der Waals surface area contributed by atoms with Crippen molar-refractivity contribution in [3.63, 3.8) is 0 Å². The summed E-state index contributed by atoms with van der Waals surface area (Å²) in [5.41, 5.74) is 1.06. The van der Waals surface area contributed by atoms with Gasteiger partial charge in [0.1, 0.15) is 5.75 Å². The molecule has 0 aliphatic heterocycles. The zero-order valence-electron chi connectivity index (χ0n) is 10.6. The fraction of sp³-hybridized carbons (Fsp3) is 0.538. The lowest BCUT2D eigenvalue weighted by Gasteiger charge is -2.32. The highest BCUT2D eigenvalue weighted by atomic mass is 16.3. The largest absolute Gasteiger partial charge is 0.508 e. The van der Waals surface area contributed by atoms with Crippen molar-refractivity contribution < 1.29 is 5.11 Å². The van der Waals surface area contributed by atoms with Gasteiger partial charge >= 0.3 is 0 Å². The Kier molecular flexibility index (Phi) is 4.33. The molecule has 0 radical (unpaired) electrons. The fourth-order valence-electron chi connectivity index (χ4n) is 1.32. The van der Waals surface area contributed by atoms with E-state index < -0.39 is 0 Å². The van der Waals surface area contributed by atoms with Gasteiger partial charge in [0, 0.05) is 24.2 Å². The van der Waals surface area contributed by atoms with E-state index in [0.717, 1.165) is 12.1 Å². The summed E-state index contributed by atoms with van der Waals surface area (Å²) in [6.45, 7) is 5.95. The first-order valence-corrected chi connectivity index (χ1v) is 5.58. The van der Waals surface area contributed by atoms with Crippen LogP contribution >= 0.6 is 0 Å². The molecular weight excluding hydrogens is 200 g/mol. The van der Waals surface area contributed by atoms with Crippen LogP contribution < -0.4 is 5.32 Å². The van der Waals surface area contributed by atoms with Gasteiger partial charge in [-0.2, -0.15) is 0 Å². The number of aromatic hydroxyl groups is 1. The maximum absolute atomic E-state index is 9.60. The summed E-state index contributed by atoms with van der Waals surface area (Å²) in [5.74, 6) is 0.359. The van der Waals surface area contributed by atoms with Crippen LogP contribution in [0.4, 0.5) is 0 Å². The van der Waals surface area contributed by atoms with Crippen LogP contribution in [-0.4, -0.2) is 36.2 Å². The number of para-hydroxylation sites is 1. The molecule has 0 saturated heterocycles. The third-order valence-corrected chi connectivity index (χ3v) is 3.08. The topological polar surface area (TPSA) is 35.5 Å². The minimum atomic E-state index is 0.115. The van der Waals surface area contributed by atoms with Crippen molar-refractivity contribution in [2.75, 3.05) is 20.6 Å². The molecule has 0 bridgehead atoms. The first kappa shape index (κ1) is 13.0. The summed E-state index contributed by atoms with van der Waals surface area (Å²) < 4.78 is 0. The summed E-state index contributed by atoms with van der Waals surface area (Å²) in [7, 11) is 4.14. The second-order valence-electron chi connectivity index (χ2n) is 4.94. The smallest absolute Gasteiger partial charge is 0.120 e. The van der Waals surface area contributed by atoms with Gasteiger partial charge in [0.15, 0.2) is 0 Å². The van der Waals surface area contributed by atoms with Crippen LogP contribution in [0.1, 0.15) is 19.4 Å². The number of nitrogens with one attached hydrogen (secondary N) is 1. The molecule has 0 fully saturated rings. The average molecular weight is 222 g/mol. The average Bonchev–Trinajstić information content (AvgIpc) is 2.20. The van der Waals surface area contributed by atoms with E-state index in [4.69, 9.17) is 0 Å². The molecule has 3 heteroatoms. The van der Waals surface area contributed by atoms with Crippen molar-refractivity contribution in [2.45, 2.75) is 25.9 Å². The molecule has 90 valence electrons. The van der Waals surface area contributed by atoms with Gasteiger partial charge in [0.25, 0.3) is 0 Å². The number of hydrogen-bond donors (Lipinski definition) is 2. The second-order valence-corrected chi connectivity index (χ2v) is 4.94. The number of likely N-dealkylation sites (N-methyl/N-ethyl adjacent to an activating group) is 1. The number of phenols is 1. The molecule has 3 nitrogen and oxygen atoms in total. The zero-order chi connectivity index (χ0) is 12.2. The molecule has 1 aromatic carbocycles. The van der Waals surface area contributed by atoms with E-state index in [-0.39, 0.29) is 5.54 Å². The Morgan fingerprint density at radius 3 is 2.44 bits per heavy atom. The van der Waals surface area contributed by atoms with E-state index >= 15 is 0 Å². The molecule has 0 atom stereocenters. The lowest BCUT2D eigenvalue weighted by atomic mass is 10.0. The number of benzene rings is 1. The molecule has 0 spiro atoms. The standard InChI is InChI=1S/C13H22N2O/c1-13(2,15(3)4)10-14-9-11-7-5-6-8-12(11)16/h5-8,14,16H,9-10H2,1-4H3. The summed E-state index contributed by atoms with van der Waals surface area (Å²) in [6.07, 6.45) is 0. The van der Waals surface area contributed by atoms with Gasteiger partial charge in [0.2, 0.25) is 0 Å². The molecule has 1 rings (SSSR count). The molecule has 0 unspecified atom stereocenters.